The predicted molar refractivity (Wildman–Crippen MR) is 129 cm³/mol. The zero-order valence-corrected chi connectivity index (χ0v) is 19.9. The van der Waals surface area contributed by atoms with Gasteiger partial charge in [-0.2, -0.15) is 13.2 Å². The van der Waals surface area contributed by atoms with Gasteiger partial charge in [0.15, 0.2) is 0 Å². The van der Waals surface area contributed by atoms with Crippen molar-refractivity contribution >= 4 is 27.5 Å². The van der Waals surface area contributed by atoms with Gasteiger partial charge < -0.3 is 20.9 Å². The van der Waals surface area contributed by atoms with Gasteiger partial charge in [0.1, 0.15) is 16.9 Å². The summed E-state index contributed by atoms with van der Waals surface area (Å²) in [7, 11) is 0. The molecule has 0 fully saturated rings. The number of nitrogens with one attached hydrogen (secondary N) is 1. The second-order valence-corrected chi connectivity index (χ2v) is 8.78. The molecule has 0 heterocycles. The third-order valence-corrected chi connectivity index (χ3v) is 6.02. The van der Waals surface area contributed by atoms with Gasteiger partial charge in [0, 0.05) is 6.42 Å². The minimum absolute atomic E-state index is 0.0251. The fourth-order valence-electron chi connectivity index (χ4n) is 3.15. The van der Waals surface area contributed by atoms with E-state index < -0.39 is 29.8 Å². The average Bonchev–Trinajstić information content (AvgIpc) is 2.81. The van der Waals surface area contributed by atoms with Crippen LogP contribution in [0.3, 0.4) is 0 Å². The molecule has 0 saturated carbocycles. The zero-order chi connectivity index (χ0) is 24.9. The molecule has 3 aromatic carbocycles. The minimum Gasteiger partial charge on any atom is -0.493 e. The number of amides is 1. The lowest BCUT2D eigenvalue weighted by molar-refractivity contribution is -0.139. The van der Waals surface area contributed by atoms with E-state index in [1.54, 1.807) is 0 Å². The maximum atomic E-state index is 13.8. The van der Waals surface area contributed by atoms with E-state index in [0.717, 1.165) is 22.8 Å². The van der Waals surface area contributed by atoms with Crippen LogP contribution in [0.25, 0.3) is 11.1 Å². The Morgan fingerprint density at radius 1 is 1.03 bits per heavy atom. The maximum absolute atomic E-state index is 13.8. The van der Waals surface area contributed by atoms with Crippen LogP contribution in [0.4, 0.5) is 18.9 Å². The Morgan fingerprint density at radius 3 is 2.24 bits per heavy atom. The number of halogens is 4. The summed E-state index contributed by atoms with van der Waals surface area (Å²) in [4.78, 5) is 12.2. The minimum atomic E-state index is -4.74. The van der Waals surface area contributed by atoms with Crippen LogP contribution in [0.1, 0.15) is 18.1 Å². The molecule has 0 bridgehead atoms. The van der Waals surface area contributed by atoms with Crippen molar-refractivity contribution in [2.75, 3.05) is 18.5 Å². The number of anilines is 1. The molecule has 4 N–H and O–H groups in total. The molecule has 3 rings (SSSR count). The molecule has 0 aromatic heterocycles. The Kier molecular flexibility index (Phi) is 8.01. The molecular formula is C25H24BrF3N2O3. The first-order valence-electron chi connectivity index (χ1n) is 10.4. The van der Waals surface area contributed by atoms with Gasteiger partial charge >= 0.3 is 6.18 Å². The Morgan fingerprint density at radius 2 is 1.65 bits per heavy atom. The van der Waals surface area contributed by atoms with Gasteiger partial charge in [0.05, 0.1) is 23.4 Å². The number of alkyl halides is 3. The van der Waals surface area contributed by atoms with E-state index in [9.17, 15) is 23.1 Å². The molecule has 0 saturated heterocycles. The summed E-state index contributed by atoms with van der Waals surface area (Å²) < 4.78 is 46.5. The highest BCUT2D eigenvalue weighted by atomic mass is 79.9. The summed E-state index contributed by atoms with van der Waals surface area (Å²) in [6.45, 7) is 0.623. The SMILES string of the molecule is C[C@](N)(CO)C(=O)Nc1ccc(OCCc2ccc(-c3ccccc3)cc2)c(C(F)(F)F)c1Br. The lowest BCUT2D eigenvalue weighted by Gasteiger charge is -2.23. The van der Waals surface area contributed by atoms with Crippen molar-refractivity contribution < 1.29 is 27.8 Å². The molecule has 34 heavy (non-hydrogen) atoms. The average molecular weight is 537 g/mol. The highest BCUT2D eigenvalue weighted by Gasteiger charge is 2.38. The number of carbonyl (C=O) groups excluding carboxylic acids is 1. The standard InChI is InChI=1S/C25H24BrF3N2O3/c1-24(30,15-32)23(33)31-19-11-12-20(21(22(19)26)25(27,28)29)34-14-13-16-7-9-18(10-8-16)17-5-3-2-4-6-17/h2-12,32H,13-15,30H2,1H3,(H,31,33)/t24-/m0/s1. The van der Waals surface area contributed by atoms with Crippen LogP contribution in [0.2, 0.25) is 0 Å². The van der Waals surface area contributed by atoms with Crippen molar-refractivity contribution in [2.24, 2.45) is 5.73 Å². The molecule has 0 aliphatic rings. The Hall–Kier alpha value is -2.88. The Labute approximate surface area is 203 Å². The normalized spacial score (nSPS) is 13.3. The molecule has 5 nitrogen and oxygen atoms in total. The number of nitrogens with two attached hydrogens (primary N) is 1. The fraction of sp³-hybridized carbons (Fsp3) is 0.240. The molecule has 1 amide bonds. The largest absolute Gasteiger partial charge is 0.493 e. The van der Waals surface area contributed by atoms with E-state index in [-0.39, 0.29) is 22.5 Å². The number of rotatable bonds is 8. The lowest BCUT2D eigenvalue weighted by atomic mass is 10.0. The van der Waals surface area contributed by atoms with Crippen LogP contribution in [-0.2, 0) is 17.4 Å². The number of carbonyl (C=O) groups is 1. The third kappa shape index (κ3) is 6.16. The number of hydrogen-bond donors (Lipinski definition) is 3. The van der Waals surface area contributed by atoms with Crippen LogP contribution < -0.4 is 15.8 Å². The van der Waals surface area contributed by atoms with Crippen molar-refractivity contribution in [1.82, 2.24) is 0 Å². The molecule has 0 radical (unpaired) electrons. The summed E-state index contributed by atoms with van der Waals surface area (Å²) in [5.74, 6) is -1.19. The summed E-state index contributed by atoms with van der Waals surface area (Å²) in [5, 5.41) is 11.5. The van der Waals surface area contributed by atoms with E-state index in [4.69, 9.17) is 10.5 Å². The second-order valence-electron chi connectivity index (χ2n) is 7.99. The van der Waals surface area contributed by atoms with E-state index in [1.807, 2.05) is 54.6 Å². The van der Waals surface area contributed by atoms with E-state index in [1.165, 1.54) is 13.0 Å². The van der Waals surface area contributed by atoms with Gasteiger partial charge in [-0.1, -0.05) is 54.6 Å². The molecule has 0 aliphatic carbocycles. The first-order valence-corrected chi connectivity index (χ1v) is 11.2. The van der Waals surface area contributed by atoms with Crippen LogP contribution >= 0.6 is 15.9 Å². The van der Waals surface area contributed by atoms with Crippen molar-refractivity contribution in [2.45, 2.75) is 25.1 Å². The van der Waals surface area contributed by atoms with Gasteiger partial charge in [0.25, 0.3) is 0 Å². The summed E-state index contributed by atoms with van der Waals surface area (Å²) in [6.07, 6.45) is -4.33. The first kappa shape index (κ1) is 25.7. The smallest absolute Gasteiger partial charge is 0.421 e. The van der Waals surface area contributed by atoms with Crippen molar-refractivity contribution in [3.05, 3.63) is 82.3 Å². The van der Waals surface area contributed by atoms with Crippen molar-refractivity contribution in [3.8, 4) is 16.9 Å². The van der Waals surface area contributed by atoms with Crippen LogP contribution in [0.5, 0.6) is 5.75 Å². The zero-order valence-electron chi connectivity index (χ0n) is 18.3. The molecule has 9 heteroatoms. The van der Waals surface area contributed by atoms with Crippen LogP contribution in [0.15, 0.2) is 71.2 Å². The van der Waals surface area contributed by atoms with Gasteiger partial charge in [-0.3, -0.25) is 4.79 Å². The number of aliphatic hydroxyl groups is 1. The number of benzene rings is 3. The highest BCUT2D eigenvalue weighted by molar-refractivity contribution is 9.10. The summed E-state index contributed by atoms with van der Waals surface area (Å²) in [5.41, 5.74) is 5.86. The van der Waals surface area contributed by atoms with E-state index in [0.29, 0.717) is 6.42 Å². The van der Waals surface area contributed by atoms with E-state index in [2.05, 4.69) is 21.2 Å². The molecule has 3 aromatic rings. The molecule has 0 aliphatic heterocycles. The van der Waals surface area contributed by atoms with Crippen LogP contribution in [-0.4, -0.2) is 29.8 Å². The number of aliphatic hydroxyl groups excluding tert-OH is 1. The topological polar surface area (TPSA) is 84.6 Å². The molecule has 0 unspecified atom stereocenters. The monoisotopic (exact) mass is 536 g/mol. The lowest BCUT2D eigenvalue weighted by Crippen LogP contribution is -2.51. The highest BCUT2D eigenvalue weighted by Crippen LogP contribution is 2.44. The Balaban J connectivity index is 1.73. The van der Waals surface area contributed by atoms with Gasteiger partial charge in [-0.25, -0.2) is 0 Å². The Bertz CT molecular complexity index is 1130. The first-order chi connectivity index (χ1) is 16.0. The van der Waals surface area contributed by atoms with E-state index >= 15 is 0 Å². The summed E-state index contributed by atoms with van der Waals surface area (Å²) >= 11 is 2.93. The molecular weight excluding hydrogens is 513 g/mol. The molecule has 180 valence electrons. The molecule has 0 spiro atoms. The predicted octanol–water partition coefficient (Wildman–Crippen LogP) is 5.40. The molecule has 1 atom stereocenters. The van der Waals surface area contributed by atoms with Gasteiger partial charge in [-0.15, -0.1) is 0 Å². The fourth-order valence-corrected chi connectivity index (χ4v) is 3.80. The van der Waals surface area contributed by atoms with Crippen LogP contribution in [0, 0.1) is 0 Å². The maximum Gasteiger partial charge on any atom is 0.421 e. The second kappa shape index (κ2) is 10.6. The van der Waals surface area contributed by atoms with Crippen molar-refractivity contribution in [3.63, 3.8) is 0 Å². The third-order valence-electron chi connectivity index (χ3n) is 5.19. The number of hydrogen-bond acceptors (Lipinski definition) is 4. The van der Waals surface area contributed by atoms with Crippen molar-refractivity contribution in [1.29, 1.82) is 0 Å². The summed E-state index contributed by atoms with van der Waals surface area (Å²) in [6, 6.07) is 20.0. The van der Waals surface area contributed by atoms with Gasteiger partial charge in [0.2, 0.25) is 5.91 Å². The quantitative estimate of drug-likeness (QED) is 0.359. The van der Waals surface area contributed by atoms with Gasteiger partial charge in [-0.05, 0) is 51.7 Å². The number of ether oxygens (including phenoxy) is 1.